The Morgan fingerprint density at radius 2 is 1.38 bits per heavy atom. The molecule has 0 aliphatic carbocycles. The van der Waals surface area contributed by atoms with Crippen LogP contribution in [0.2, 0.25) is 0 Å². The van der Waals surface area contributed by atoms with E-state index in [1.54, 1.807) is 53.4 Å². The van der Waals surface area contributed by atoms with Gasteiger partial charge in [0.1, 0.15) is 5.75 Å². The number of carbonyl (C=O) groups is 2. The molecule has 0 fully saturated rings. The number of nitrogens with one attached hydrogen (secondary N) is 1. The highest BCUT2D eigenvalue weighted by Gasteiger charge is 2.18. The number of anilines is 2. The van der Waals surface area contributed by atoms with E-state index in [0.717, 1.165) is 28.6 Å². The molecule has 0 unspecified atom stereocenters. The van der Waals surface area contributed by atoms with E-state index in [2.05, 4.69) is 17.4 Å². The van der Waals surface area contributed by atoms with Gasteiger partial charge in [0.2, 0.25) is 0 Å². The van der Waals surface area contributed by atoms with Crippen molar-refractivity contribution in [3.63, 3.8) is 0 Å². The number of ether oxygens (including phenoxy) is 1. The van der Waals surface area contributed by atoms with Gasteiger partial charge < -0.3 is 15.0 Å². The van der Waals surface area contributed by atoms with Gasteiger partial charge in [-0.15, -0.1) is 0 Å². The third kappa shape index (κ3) is 6.16. The quantitative estimate of drug-likeness (QED) is 0.223. The molecule has 0 radical (unpaired) electrons. The summed E-state index contributed by atoms with van der Waals surface area (Å²) in [4.78, 5) is 27.9. The Morgan fingerprint density at radius 1 is 0.718 bits per heavy atom. The molecule has 0 saturated heterocycles. The van der Waals surface area contributed by atoms with Gasteiger partial charge in [0.25, 0.3) is 11.8 Å². The van der Waals surface area contributed by atoms with E-state index in [-0.39, 0.29) is 11.8 Å². The van der Waals surface area contributed by atoms with Gasteiger partial charge in [-0.3, -0.25) is 9.59 Å². The van der Waals surface area contributed by atoms with Gasteiger partial charge in [0, 0.05) is 35.2 Å². The Labute approximate surface area is 228 Å². The summed E-state index contributed by atoms with van der Waals surface area (Å²) in [7, 11) is 0. The Hall–Kier alpha value is -4.90. The monoisotopic (exact) mass is 514 g/mol. The fourth-order valence-corrected chi connectivity index (χ4v) is 4.56. The van der Waals surface area contributed by atoms with Crippen LogP contribution in [0, 0.1) is 0 Å². The van der Waals surface area contributed by atoms with Crippen LogP contribution in [-0.4, -0.2) is 25.0 Å². The van der Waals surface area contributed by atoms with E-state index in [4.69, 9.17) is 4.74 Å². The maximum atomic E-state index is 13.4. The van der Waals surface area contributed by atoms with E-state index in [0.29, 0.717) is 30.0 Å². The molecule has 2 amide bonds. The minimum atomic E-state index is -0.226. The lowest BCUT2D eigenvalue weighted by atomic mass is 10.1. The van der Waals surface area contributed by atoms with Crippen molar-refractivity contribution < 1.29 is 14.3 Å². The summed E-state index contributed by atoms with van der Waals surface area (Å²) in [5.41, 5.74) is 3.80. The van der Waals surface area contributed by atoms with Crippen molar-refractivity contribution in [1.29, 1.82) is 0 Å². The number of carbonyl (C=O) groups excluding carboxylic acids is 2. The number of rotatable bonds is 9. The molecule has 0 spiro atoms. The van der Waals surface area contributed by atoms with Gasteiger partial charge in [-0.25, -0.2) is 0 Å². The van der Waals surface area contributed by atoms with Gasteiger partial charge in [0.15, 0.2) is 0 Å². The van der Waals surface area contributed by atoms with E-state index in [1.165, 1.54) is 5.56 Å². The van der Waals surface area contributed by atoms with Gasteiger partial charge in [0.05, 0.1) is 12.3 Å². The van der Waals surface area contributed by atoms with Crippen molar-refractivity contribution in [3.8, 4) is 5.75 Å². The van der Waals surface area contributed by atoms with Crippen LogP contribution in [0.4, 0.5) is 11.4 Å². The van der Waals surface area contributed by atoms with E-state index in [1.807, 2.05) is 67.6 Å². The van der Waals surface area contributed by atoms with E-state index >= 15 is 0 Å². The summed E-state index contributed by atoms with van der Waals surface area (Å²) >= 11 is 0. The normalized spacial score (nSPS) is 10.7. The summed E-state index contributed by atoms with van der Waals surface area (Å²) in [6.45, 7) is 3.07. The topological polar surface area (TPSA) is 58.6 Å². The molecular formula is C34H30N2O3. The predicted octanol–water partition coefficient (Wildman–Crippen LogP) is 7.38. The first kappa shape index (κ1) is 25.7. The van der Waals surface area contributed by atoms with Crippen molar-refractivity contribution in [2.75, 3.05) is 23.4 Å². The molecule has 5 aromatic rings. The largest absolute Gasteiger partial charge is 0.493 e. The maximum absolute atomic E-state index is 13.4. The first-order valence-electron chi connectivity index (χ1n) is 13.1. The Morgan fingerprint density at radius 3 is 2.13 bits per heavy atom. The average Bonchev–Trinajstić information content (AvgIpc) is 2.99. The summed E-state index contributed by atoms with van der Waals surface area (Å²) in [6.07, 6.45) is 0.819. The molecule has 0 heterocycles. The molecule has 194 valence electrons. The van der Waals surface area contributed by atoms with Crippen LogP contribution < -0.4 is 15.0 Å². The van der Waals surface area contributed by atoms with Crippen molar-refractivity contribution in [2.24, 2.45) is 0 Å². The van der Waals surface area contributed by atoms with Crippen LogP contribution in [0.1, 0.15) is 33.2 Å². The first-order chi connectivity index (χ1) is 19.1. The number of benzene rings is 5. The van der Waals surface area contributed by atoms with Crippen LogP contribution in [0.25, 0.3) is 10.8 Å². The van der Waals surface area contributed by atoms with Crippen LogP contribution >= 0.6 is 0 Å². The van der Waals surface area contributed by atoms with Crippen LogP contribution in [0.5, 0.6) is 5.75 Å². The second kappa shape index (κ2) is 12.1. The van der Waals surface area contributed by atoms with Gasteiger partial charge in [-0.2, -0.15) is 0 Å². The summed E-state index contributed by atoms with van der Waals surface area (Å²) in [6, 6.07) is 38.3. The summed E-state index contributed by atoms with van der Waals surface area (Å²) < 4.78 is 5.82. The fraction of sp³-hybridized carbons (Fsp3) is 0.118. The molecule has 0 saturated carbocycles. The molecular weight excluding hydrogens is 484 g/mol. The lowest BCUT2D eigenvalue weighted by molar-refractivity contribution is 0.0987. The molecule has 5 rings (SSSR count). The zero-order valence-corrected chi connectivity index (χ0v) is 21.8. The molecule has 0 aliphatic heterocycles. The van der Waals surface area contributed by atoms with Crippen molar-refractivity contribution in [3.05, 3.63) is 138 Å². The second-order valence-corrected chi connectivity index (χ2v) is 9.19. The highest BCUT2D eigenvalue weighted by molar-refractivity contribution is 6.11. The Kier molecular flexibility index (Phi) is 7.98. The lowest BCUT2D eigenvalue weighted by Crippen LogP contribution is -2.30. The van der Waals surface area contributed by atoms with Crippen molar-refractivity contribution in [2.45, 2.75) is 13.3 Å². The van der Waals surface area contributed by atoms with Crippen molar-refractivity contribution >= 4 is 34.0 Å². The fourth-order valence-electron chi connectivity index (χ4n) is 4.56. The highest BCUT2D eigenvalue weighted by Crippen LogP contribution is 2.28. The Bertz CT molecular complexity index is 1560. The minimum absolute atomic E-state index is 0.0883. The standard InChI is InChI=1S/C34H30N2O3/c1-2-36(32-14-8-12-26-11-6-7-13-31(26)32)34(38)28-15-19-29(20-16-28)35-33(37)27-17-21-30(22-18-27)39-24-23-25-9-4-3-5-10-25/h3-22H,2,23-24H2,1H3,(H,35,37). The van der Waals surface area contributed by atoms with E-state index < -0.39 is 0 Å². The summed E-state index contributed by atoms with van der Waals surface area (Å²) in [5, 5.41) is 5.03. The minimum Gasteiger partial charge on any atom is -0.493 e. The molecule has 5 nitrogen and oxygen atoms in total. The molecule has 5 aromatic carbocycles. The zero-order valence-electron chi connectivity index (χ0n) is 21.8. The van der Waals surface area contributed by atoms with Crippen LogP contribution in [0.15, 0.2) is 121 Å². The number of nitrogens with zero attached hydrogens (tertiary/aromatic N) is 1. The zero-order chi connectivity index (χ0) is 27.0. The SMILES string of the molecule is CCN(C(=O)c1ccc(NC(=O)c2ccc(OCCc3ccccc3)cc2)cc1)c1cccc2ccccc12. The maximum Gasteiger partial charge on any atom is 0.258 e. The average molecular weight is 515 g/mol. The predicted molar refractivity (Wildman–Crippen MR) is 158 cm³/mol. The third-order valence-corrected chi connectivity index (χ3v) is 6.63. The second-order valence-electron chi connectivity index (χ2n) is 9.19. The smallest absolute Gasteiger partial charge is 0.258 e. The van der Waals surface area contributed by atoms with Crippen LogP contribution in [0.3, 0.4) is 0 Å². The van der Waals surface area contributed by atoms with Gasteiger partial charge >= 0.3 is 0 Å². The lowest BCUT2D eigenvalue weighted by Gasteiger charge is -2.23. The molecule has 5 heteroatoms. The number of hydrogen-bond acceptors (Lipinski definition) is 3. The van der Waals surface area contributed by atoms with Crippen LogP contribution in [-0.2, 0) is 6.42 Å². The molecule has 0 atom stereocenters. The third-order valence-electron chi connectivity index (χ3n) is 6.63. The highest BCUT2D eigenvalue weighted by atomic mass is 16.5. The number of fused-ring (bicyclic) bond motifs is 1. The Balaban J connectivity index is 1.20. The molecule has 0 aliphatic rings. The number of hydrogen-bond donors (Lipinski definition) is 1. The summed E-state index contributed by atoms with van der Waals surface area (Å²) in [5.74, 6) is 0.405. The van der Waals surface area contributed by atoms with Gasteiger partial charge in [-0.05, 0) is 72.5 Å². The molecule has 0 bridgehead atoms. The van der Waals surface area contributed by atoms with Gasteiger partial charge in [-0.1, -0.05) is 66.7 Å². The number of amides is 2. The van der Waals surface area contributed by atoms with E-state index in [9.17, 15) is 9.59 Å². The molecule has 0 aromatic heterocycles. The molecule has 39 heavy (non-hydrogen) atoms. The van der Waals surface area contributed by atoms with Crippen molar-refractivity contribution in [1.82, 2.24) is 0 Å². The first-order valence-corrected chi connectivity index (χ1v) is 13.1. The molecule has 1 N–H and O–H groups in total.